The second kappa shape index (κ2) is 9.37. The van der Waals surface area contributed by atoms with Gasteiger partial charge >= 0.3 is 0 Å². The number of nitrogens with zero attached hydrogens (tertiary/aromatic N) is 4. The maximum Gasteiger partial charge on any atom is 0.285 e. The smallest absolute Gasteiger partial charge is 0.285 e. The molecule has 0 saturated heterocycles. The first-order chi connectivity index (χ1) is 15.8. The highest BCUT2D eigenvalue weighted by atomic mass is 35.5. The lowest BCUT2D eigenvalue weighted by atomic mass is 9.91. The standard InChI is InChI=1S/C25H25ClN4O2S/c1-18-9-7-8-12-23(18)33(31,32)28-25(29(2)3)30-17-22(19-10-5-4-6-11-19)24(27-30)20-13-15-21(26)16-14-20/h4-16,22H,17H2,1-3H3/t22-/m1/s1. The van der Waals surface area contributed by atoms with Crippen LogP contribution in [0.3, 0.4) is 0 Å². The zero-order valence-electron chi connectivity index (χ0n) is 18.7. The molecule has 0 radical (unpaired) electrons. The number of rotatable bonds is 4. The van der Waals surface area contributed by atoms with Crippen molar-refractivity contribution in [2.75, 3.05) is 20.6 Å². The van der Waals surface area contributed by atoms with Crippen molar-refractivity contribution in [3.8, 4) is 0 Å². The summed E-state index contributed by atoms with van der Waals surface area (Å²) in [7, 11) is -0.398. The third-order valence-corrected chi connectivity index (χ3v) is 7.13. The van der Waals surface area contributed by atoms with E-state index < -0.39 is 10.0 Å². The van der Waals surface area contributed by atoms with Crippen LogP contribution in [0.25, 0.3) is 0 Å². The summed E-state index contributed by atoms with van der Waals surface area (Å²) in [5.41, 5.74) is 3.50. The zero-order valence-corrected chi connectivity index (χ0v) is 20.3. The van der Waals surface area contributed by atoms with E-state index in [4.69, 9.17) is 16.7 Å². The summed E-state index contributed by atoms with van der Waals surface area (Å²) in [6.07, 6.45) is 0. The molecule has 8 heteroatoms. The number of guanidine groups is 1. The van der Waals surface area contributed by atoms with E-state index in [9.17, 15) is 8.42 Å². The van der Waals surface area contributed by atoms with Gasteiger partial charge in [0.1, 0.15) is 0 Å². The Hall–Kier alpha value is -3.16. The van der Waals surface area contributed by atoms with Crippen LogP contribution < -0.4 is 0 Å². The van der Waals surface area contributed by atoms with Gasteiger partial charge in [0.25, 0.3) is 10.0 Å². The molecular weight excluding hydrogens is 456 g/mol. The van der Waals surface area contributed by atoms with Gasteiger partial charge in [-0.1, -0.05) is 72.3 Å². The van der Waals surface area contributed by atoms with Crippen molar-refractivity contribution in [3.05, 3.63) is 101 Å². The van der Waals surface area contributed by atoms with Gasteiger partial charge in [-0.3, -0.25) is 0 Å². The van der Waals surface area contributed by atoms with E-state index in [0.717, 1.165) is 16.8 Å². The predicted molar refractivity (Wildman–Crippen MR) is 133 cm³/mol. The van der Waals surface area contributed by atoms with Crippen LogP contribution in [0.2, 0.25) is 5.02 Å². The largest absolute Gasteiger partial charge is 0.347 e. The van der Waals surface area contributed by atoms with E-state index in [0.29, 0.717) is 17.1 Å². The van der Waals surface area contributed by atoms with Gasteiger partial charge in [0.05, 0.1) is 17.2 Å². The predicted octanol–water partition coefficient (Wildman–Crippen LogP) is 4.76. The maximum atomic E-state index is 13.2. The lowest BCUT2D eigenvalue weighted by molar-refractivity contribution is 0.404. The van der Waals surface area contributed by atoms with Gasteiger partial charge in [-0.25, -0.2) is 5.01 Å². The third-order valence-electron chi connectivity index (χ3n) is 5.46. The Morgan fingerprint density at radius 3 is 2.27 bits per heavy atom. The fraction of sp³-hybridized carbons (Fsp3) is 0.200. The molecule has 170 valence electrons. The van der Waals surface area contributed by atoms with E-state index in [1.165, 1.54) is 0 Å². The van der Waals surface area contributed by atoms with Crippen LogP contribution in [0.1, 0.15) is 22.6 Å². The Bertz CT molecular complexity index is 1300. The van der Waals surface area contributed by atoms with Crippen LogP contribution in [0.4, 0.5) is 0 Å². The molecule has 0 unspecified atom stereocenters. The van der Waals surface area contributed by atoms with Crippen molar-refractivity contribution in [1.82, 2.24) is 9.91 Å². The molecule has 1 aliphatic heterocycles. The second-order valence-corrected chi connectivity index (χ2v) is 10.1. The molecule has 1 atom stereocenters. The van der Waals surface area contributed by atoms with Crippen molar-refractivity contribution < 1.29 is 8.42 Å². The van der Waals surface area contributed by atoms with Gasteiger partial charge < -0.3 is 4.90 Å². The molecule has 3 aromatic rings. The highest BCUT2D eigenvalue weighted by molar-refractivity contribution is 7.90. The molecule has 3 aromatic carbocycles. The molecule has 0 bridgehead atoms. The summed E-state index contributed by atoms with van der Waals surface area (Å²) in [5, 5.41) is 7.15. The highest BCUT2D eigenvalue weighted by Gasteiger charge is 2.33. The Morgan fingerprint density at radius 1 is 1.00 bits per heavy atom. The average molecular weight is 481 g/mol. The third kappa shape index (κ3) is 4.94. The summed E-state index contributed by atoms with van der Waals surface area (Å²) < 4.78 is 30.5. The van der Waals surface area contributed by atoms with Gasteiger partial charge in [-0.15, -0.1) is 4.40 Å². The number of sulfonamides is 1. The fourth-order valence-electron chi connectivity index (χ4n) is 3.82. The quantitative estimate of drug-likeness (QED) is 0.399. The fourth-order valence-corrected chi connectivity index (χ4v) is 5.24. The molecular formula is C25H25ClN4O2S. The van der Waals surface area contributed by atoms with Gasteiger partial charge in [-0.2, -0.15) is 13.5 Å². The SMILES string of the molecule is Cc1ccccc1S(=O)(=O)N=C(N(C)C)N1C[C@H](c2ccccc2)C(c2ccc(Cl)cc2)=N1. The van der Waals surface area contributed by atoms with Crippen molar-refractivity contribution in [2.24, 2.45) is 9.50 Å². The average Bonchev–Trinajstić information content (AvgIpc) is 3.24. The normalized spacial score (nSPS) is 16.6. The summed E-state index contributed by atoms with van der Waals surface area (Å²) in [4.78, 5) is 1.86. The minimum absolute atomic E-state index is 0.0568. The van der Waals surface area contributed by atoms with Crippen molar-refractivity contribution in [3.63, 3.8) is 0 Å². The van der Waals surface area contributed by atoms with Gasteiger partial charge in [0.15, 0.2) is 0 Å². The molecule has 0 fully saturated rings. The summed E-state index contributed by atoms with van der Waals surface area (Å²) in [5.74, 6) is 0.196. The molecule has 0 N–H and O–H groups in total. The van der Waals surface area contributed by atoms with Crippen LogP contribution in [-0.2, 0) is 10.0 Å². The second-order valence-electron chi connectivity index (χ2n) is 8.06. The maximum absolute atomic E-state index is 13.2. The first-order valence-corrected chi connectivity index (χ1v) is 12.3. The topological polar surface area (TPSA) is 65.3 Å². The Balaban J connectivity index is 1.79. The molecule has 1 aliphatic rings. The van der Waals surface area contributed by atoms with Gasteiger partial charge in [-0.05, 0) is 41.8 Å². The van der Waals surface area contributed by atoms with E-state index in [1.807, 2.05) is 42.5 Å². The summed E-state index contributed by atoms with van der Waals surface area (Å²) >= 11 is 6.09. The van der Waals surface area contributed by atoms with Crippen LogP contribution in [0.5, 0.6) is 0 Å². The van der Waals surface area contributed by atoms with Crippen LogP contribution in [0, 0.1) is 6.92 Å². The molecule has 4 rings (SSSR count). The molecule has 6 nitrogen and oxygen atoms in total. The van der Waals surface area contributed by atoms with Crippen molar-refractivity contribution in [1.29, 1.82) is 0 Å². The van der Waals surface area contributed by atoms with E-state index in [1.54, 1.807) is 55.2 Å². The molecule has 0 amide bonds. The van der Waals surface area contributed by atoms with Crippen molar-refractivity contribution in [2.45, 2.75) is 17.7 Å². The van der Waals surface area contributed by atoms with E-state index in [2.05, 4.69) is 16.5 Å². The minimum atomic E-state index is -3.92. The van der Waals surface area contributed by atoms with E-state index >= 15 is 0 Å². The number of halogens is 1. The Kier molecular flexibility index (Phi) is 6.54. The van der Waals surface area contributed by atoms with Crippen LogP contribution >= 0.6 is 11.6 Å². The molecule has 1 heterocycles. The summed E-state index contributed by atoms with van der Waals surface area (Å²) in [6, 6.07) is 24.4. The Labute approximate surface area is 199 Å². The lowest BCUT2D eigenvalue weighted by Gasteiger charge is -2.23. The van der Waals surface area contributed by atoms with Gasteiger partial charge in [0, 0.05) is 25.0 Å². The van der Waals surface area contributed by atoms with Crippen LogP contribution in [-0.4, -0.2) is 50.6 Å². The molecule has 0 aliphatic carbocycles. The first kappa shape index (κ1) is 23.0. The molecule has 0 aromatic heterocycles. The van der Waals surface area contributed by atoms with Crippen molar-refractivity contribution >= 4 is 33.3 Å². The number of aryl methyl sites for hydroxylation is 1. The Morgan fingerprint density at radius 2 is 1.64 bits per heavy atom. The first-order valence-electron chi connectivity index (χ1n) is 10.5. The lowest BCUT2D eigenvalue weighted by Crippen LogP contribution is -2.37. The molecule has 0 spiro atoms. The number of benzene rings is 3. The van der Waals surface area contributed by atoms with E-state index in [-0.39, 0.29) is 16.8 Å². The molecule has 0 saturated carbocycles. The number of hydrazone groups is 1. The monoisotopic (exact) mass is 480 g/mol. The number of hydrogen-bond acceptors (Lipinski definition) is 3. The highest BCUT2D eigenvalue weighted by Crippen LogP contribution is 2.30. The van der Waals surface area contributed by atoms with Gasteiger partial charge in [0.2, 0.25) is 5.96 Å². The van der Waals surface area contributed by atoms with Crippen LogP contribution in [0.15, 0.2) is 93.3 Å². The zero-order chi connectivity index (χ0) is 23.6. The number of hydrogen-bond donors (Lipinski definition) is 0. The summed E-state index contributed by atoms with van der Waals surface area (Å²) in [6.45, 7) is 2.22. The minimum Gasteiger partial charge on any atom is -0.347 e. The molecule has 33 heavy (non-hydrogen) atoms.